The lowest BCUT2D eigenvalue weighted by Crippen LogP contribution is -2.42. The molecule has 0 radical (unpaired) electrons. The third-order valence-electron chi connectivity index (χ3n) is 13.4. The summed E-state index contributed by atoms with van der Waals surface area (Å²) in [6.07, 6.45) is 6.87. The lowest BCUT2D eigenvalue weighted by atomic mass is 10.0. The molecule has 0 aliphatic carbocycles. The van der Waals surface area contributed by atoms with Gasteiger partial charge < -0.3 is 64.3 Å². The topological polar surface area (TPSA) is 250 Å². The van der Waals surface area contributed by atoms with Crippen LogP contribution in [0.3, 0.4) is 0 Å². The van der Waals surface area contributed by atoms with Crippen LogP contribution in [0.4, 0.5) is 54.1 Å². The fourth-order valence-electron chi connectivity index (χ4n) is 8.89. The maximum atomic E-state index is 13.5. The van der Waals surface area contributed by atoms with Crippen molar-refractivity contribution in [2.75, 3.05) is 118 Å². The summed E-state index contributed by atoms with van der Waals surface area (Å²) >= 11 is 0. The Balaban J connectivity index is 0.000000440. The summed E-state index contributed by atoms with van der Waals surface area (Å²) in [7, 11) is 6.61. The van der Waals surface area contributed by atoms with Crippen LogP contribution in [0.1, 0.15) is 128 Å². The zero-order valence-corrected chi connectivity index (χ0v) is 52.0. The molecule has 0 spiro atoms. The van der Waals surface area contributed by atoms with Crippen molar-refractivity contribution in [3.63, 3.8) is 0 Å². The maximum absolute atomic E-state index is 13.5. The highest BCUT2D eigenvalue weighted by Gasteiger charge is 2.32. The van der Waals surface area contributed by atoms with Crippen molar-refractivity contribution in [3.8, 4) is 11.5 Å². The number of esters is 2. The summed E-state index contributed by atoms with van der Waals surface area (Å²) in [5, 5.41) is 9.30. The number of benzene rings is 2. The number of hydrogen-bond donors (Lipinski definition) is 3. The van der Waals surface area contributed by atoms with Crippen LogP contribution in [0.25, 0.3) is 0 Å². The van der Waals surface area contributed by atoms with Gasteiger partial charge in [-0.15, -0.1) is 0 Å². The molecule has 0 unspecified atom stereocenters. The number of ether oxygens (including phenoxy) is 4. The first kappa shape index (κ1) is 72.1. The van der Waals surface area contributed by atoms with Crippen molar-refractivity contribution in [1.29, 1.82) is 0 Å². The summed E-state index contributed by atoms with van der Waals surface area (Å²) in [5.41, 5.74) is 0.978. The van der Waals surface area contributed by atoms with E-state index in [0.717, 1.165) is 36.8 Å². The Morgan fingerprint density at radius 3 is 1.29 bits per heavy atom. The Labute approximate surface area is 510 Å². The Hall–Kier alpha value is -8.18. The number of hydrogen-bond acceptors (Lipinski definition) is 18. The number of carbonyl (C=O) groups excluding carboxylic acids is 6. The van der Waals surface area contributed by atoms with E-state index in [0.29, 0.717) is 105 Å². The second kappa shape index (κ2) is 33.5. The zero-order valence-electron chi connectivity index (χ0n) is 52.0. The number of likely N-dealkylation sites (tertiary alicyclic amines) is 2. The number of nitrogens with one attached hydrogen (secondary N) is 3. The number of aromatic nitrogens is 4. The average molecular weight is 1200 g/mol. The summed E-state index contributed by atoms with van der Waals surface area (Å²) in [6, 6.07) is 11.8. The minimum Gasteiger partial charge on any atom is -0.458 e. The molecule has 0 saturated carbocycles. The van der Waals surface area contributed by atoms with E-state index >= 15 is 0 Å². The molecule has 86 heavy (non-hydrogen) atoms. The smallest absolute Gasteiger partial charge is 0.415 e. The molecule has 2 aliphatic heterocycles. The van der Waals surface area contributed by atoms with Gasteiger partial charge in [-0.2, -0.15) is 9.97 Å². The van der Waals surface area contributed by atoms with Crippen LogP contribution in [0, 0.1) is 0 Å². The molecule has 3 N–H and O–H groups in total. The first-order chi connectivity index (χ1) is 39.8. The van der Waals surface area contributed by atoms with Gasteiger partial charge >= 0.3 is 36.2 Å². The quantitative estimate of drug-likeness (QED) is 0.0656. The minimum absolute atomic E-state index is 0. The summed E-state index contributed by atoms with van der Waals surface area (Å²) < 4.78 is 22.6. The van der Waals surface area contributed by atoms with Gasteiger partial charge in [0.25, 0.3) is 0 Å². The molecule has 2 aliphatic rings. The summed E-state index contributed by atoms with van der Waals surface area (Å²) in [4.78, 5) is 107. The van der Waals surface area contributed by atoms with Crippen molar-refractivity contribution in [3.05, 3.63) is 72.1 Å². The van der Waals surface area contributed by atoms with Crippen molar-refractivity contribution in [1.82, 2.24) is 39.5 Å². The van der Waals surface area contributed by atoms with Gasteiger partial charge in [0, 0.05) is 99.9 Å². The molecule has 24 heteroatoms. The van der Waals surface area contributed by atoms with Crippen LogP contribution in [-0.2, 0) is 31.9 Å². The molecular formula is C62H98N14O10. The molecule has 2 aromatic carbocycles. The molecule has 4 heterocycles. The Bertz CT molecular complexity index is 2800. The van der Waals surface area contributed by atoms with E-state index < -0.39 is 35.2 Å². The standard InChI is InChI=1S/C31H47N7O5.C29H43N7O5.2CH4/c1-9-36(10-2)28-32-21-25(38(11-3)29(40)35(7)8)26(34-28)33-24(27(39)43-31(4,5)6)20-22-14-16-23(17-15-22)42-30(41)37-18-12-13-19-37;1-8-35(9-2)26-30-19-23(32-27(38)34(6)7)24(33-26)31-22(25(37)41-29(3,4)5)18-20-12-14-21(15-13-20)40-28(39)36-16-10-11-17-36;;/h14-17,21,24H,9-13,18-20H2,1-8H3,(H,32,33,34);12-15,19,22H,8-11,16-18H2,1-7H3,(H,32,38)(H,30,31,33);2*1H4/t24-;22-;;/m00../s1. The largest absolute Gasteiger partial charge is 0.458 e. The van der Waals surface area contributed by atoms with Crippen molar-refractivity contribution >= 4 is 71.1 Å². The highest BCUT2D eigenvalue weighted by atomic mass is 16.6. The van der Waals surface area contributed by atoms with E-state index in [4.69, 9.17) is 23.9 Å². The van der Waals surface area contributed by atoms with E-state index in [-0.39, 0.29) is 51.9 Å². The lowest BCUT2D eigenvalue weighted by Gasteiger charge is -2.30. The number of carbonyl (C=O) groups is 6. The number of rotatable bonds is 21. The molecule has 2 aromatic heterocycles. The summed E-state index contributed by atoms with van der Waals surface area (Å²) in [6.45, 7) is 26.7. The van der Waals surface area contributed by atoms with Crippen LogP contribution in [0.5, 0.6) is 11.5 Å². The van der Waals surface area contributed by atoms with Crippen LogP contribution >= 0.6 is 0 Å². The first-order valence-corrected chi connectivity index (χ1v) is 29.1. The van der Waals surface area contributed by atoms with Crippen LogP contribution in [-0.4, -0.2) is 186 Å². The Kier molecular flexibility index (Phi) is 28.1. The monoisotopic (exact) mass is 1200 g/mol. The van der Waals surface area contributed by atoms with Gasteiger partial charge in [0.1, 0.15) is 46.2 Å². The molecule has 4 aromatic rings. The number of anilines is 6. The number of nitrogens with zero attached hydrogens (tertiary/aromatic N) is 11. The predicted octanol–water partition coefficient (Wildman–Crippen LogP) is 10.4. The number of urea groups is 2. The predicted molar refractivity (Wildman–Crippen MR) is 340 cm³/mol. The van der Waals surface area contributed by atoms with Gasteiger partial charge in [0.15, 0.2) is 11.6 Å². The molecule has 6 rings (SSSR count). The SMILES string of the molecule is C.C.CCN(CC)c1ncc(N(CC)C(=O)N(C)C)c(N[C@@H](Cc2ccc(OC(=O)N3CCCC3)cc2)C(=O)OC(C)(C)C)n1.CCN(CC)c1ncc(NC(=O)N(C)C)c(N[C@@H](Cc2ccc(OC(=O)N3CCCC3)cc2)C(=O)OC(C)(C)C)n1. The number of amides is 6. The normalized spacial score (nSPS) is 13.4. The molecular weight excluding hydrogens is 1100 g/mol. The highest BCUT2D eigenvalue weighted by molar-refractivity contribution is 5.95. The molecule has 2 atom stereocenters. The fraction of sp³-hybridized carbons (Fsp3) is 0.581. The molecule has 6 amide bonds. The van der Waals surface area contributed by atoms with Gasteiger partial charge in [-0.25, -0.2) is 38.7 Å². The highest BCUT2D eigenvalue weighted by Crippen LogP contribution is 2.30. The Morgan fingerprint density at radius 2 is 0.930 bits per heavy atom. The van der Waals surface area contributed by atoms with Crippen molar-refractivity contribution in [2.45, 2.75) is 153 Å². The van der Waals surface area contributed by atoms with Crippen LogP contribution < -0.4 is 40.1 Å². The second-order valence-electron chi connectivity index (χ2n) is 22.7. The zero-order chi connectivity index (χ0) is 61.9. The molecule has 476 valence electrons. The Morgan fingerprint density at radius 1 is 0.547 bits per heavy atom. The van der Waals surface area contributed by atoms with Gasteiger partial charge in [-0.3, -0.25) is 4.90 Å². The van der Waals surface area contributed by atoms with E-state index in [9.17, 15) is 28.8 Å². The van der Waals surface area contributed by atoms with Crippen molar-refractivity contribution < 1.29 is 47.7 Å². The van der Waals surface area contributed by atoms with Crippen LogP contribution in [0.2, 0.25) is 0 Å². The van der Waals surface area contributed by atoms with Gasteiger partial charge in [-0.1, -0.05) is 39.1 Å². The third-order valence-corrected chi connectivity index (χ3v) is 13.4. The van der Waals surface area contributed by atoms with Gasteiger partial charge in [0.05, 0.1) is 12.4 Å². The van der Waals surface area contributed by atoms with E-state index in [1.54, 1.807) is 94.1 Å². The van der Waals surface area contributed by atoms with Gasteiger partial charge in [0.2, 0.25) is 11.9 Å². The average Bonchev–Trinajstić information content (AvgIpc) is 1.90. The van der Waals surface area contributed by atoms with E-state index in [1.807, 2.05) is 89.5 Å². The maximum Gasteiger partial charge on any atom is 0.415 e. The fourth-order valence-corrected chi connectivity index (χ4v) is 8.89. The van der Waals surface area contributed by atoms with E-state index in [1.165, 1.54) is 16.0 Å². The molecule has 2 fully saturated rings. The van der Waals surface area contributed by atoms with Crippen molar-refractivity contribution in [2.24, 2.45) is 0 Å². The molecule has 0 bridgehead atoms. The van der Waals surface area contributed by atoms with Gasteiger partial charge in [-0.05, 0) is 137 Å². The molecule has 24 nitrogen and oxygen atoms in total. The van der Waals surface area contributed by atoms with Crippen LogP contribution in [0.15, 0.2) is 60.9 Å². The minimum atomic E-state index is -0.846. The summed E-state index contributed by atoms with van der Waals surface area (Å²) in [5.74, 6) is 1.52. The second-order valence-corrected chi connectivity index (χ2v) is 22.7. The molecule has 2 saturated heterocycles. The lowest BCUT2D eigenvalue weighted by molar-refractivity contribution is -0.156. The first-order valence-electron chi connectivity index (χ1n) is 29.1. The third kappa shape index (κ3) is 21.7. The van der Waals surface area contributed by atoms with E-state index in [2.05, 4.69) is 30.9 Å².